The summed E-state index contributed by atoms with van der Waals surface area (Å²) in [6.45, 7) is 7.31. The van der Waals surface area contributed by atoms with Crippen molar-refractivity contribution in [3.05, 3.63) is 0 Å². The minimum absolute atomic E-state index is 0.698. The van der Waals surface area contributed by atoms with E-state index in [-0.39, 0.29) is 0 Å². The molecule has 0 aromatic carbocycles. The van der Waals surface area contributed by atoms with Crippen LogP contribution in [0.5, 0.6) is 0 Å². The van der Waals surface area contributed by atoms with E-state index in [9.17, 15) is 0 Å². The maximum Gasteiger partial charge on any atom is 0.00104 e. The lowest BCUT2D eigenvalue weighted by molar-refractivity contribution is 0.273. The molecule has 13 heavy (non-hydrogen) atoms. The molecule has 0 aromatic heterocycles. The number of nitrogens with one attached hydrogen (secondary N) is 1. The monoisotopic (exact) mass is 181 g/mol. The molecule has 0 aromatic rings. The van der Waals surface area contributed by atoms with Crippen molar-refractivity contribution in [3.8, 4) is 0 Å². The van der Waals surface area contributed by atoms with E-state index in [0.29, 0.717) is 5.41 Å². The zero-order valence-corrected chi connectivity index (χ0v) is 9.10. The molecule has 2 rings (SSSR count). The van der Waals surface area contributed by atoms with E-state index in [1.807, 2.05) is 0 Å². The van der Waals surface area contributed by atoms with E-state index in [4.69, 9.17) is 0 Å². The molecule has 0 bridgehead atoms. The Hall–Kier alpha value is -0.0400. The van der Waals surface area contributed by atoms with E-state index in [1.54, 1.807) is 0 Å². The van der Waals surface area contributed by atoms with Crippen LogP contribution < -0.4 is 5.32 Å². The van der Waals surface area contributed by atoms with Crippen LogP contribution in [0.3, 0.4) is 0 Å². The van der Waals surface area contributed by atoms with Gasteiger partial charge in [-0.1, -0.05) is 20.3 Å². The second-order valence-electron chi connectivity index (χ2n) is 5.44. The fourth-order valence-electron chi connectivity index (χ4n) is 2.34. The number of hydrogen-bond donors (Lipinski definition) is 1. The molecule has 76 valence electrons. The van der Waals surface area contributed by atoms with Gasteiger partial charge in [0.1, 0.15) is 0 Å². The summed E-state index contributed by atoms with van der Waals surface area (Å²) < 4.78 is 0. The Morgan fingerprint density at radius 2 is 2.00 bits per heavy atom. The van der Waals surface area contributed by atoms with E-state index in [1.165, 1.54) is 45.2 Å². The van der Waals surface area contributed by atoms with Crippen LogP contribution >= 0.6 is 0 Å². The van der Waals surface area contributed by atoms with Gasteiger partial charge in [-0.2, -0.15) is 0 Å². The molecule has 2 saturated carbocycles. The summed E-state index contributed by atoms with van der Waals surface area (Å²) in [4.78, 5) is 0. The third-order valence-electron chi connectivity index (χ3n) is 4.25. The van der Waals surface area contributed by atoms with Gasteiger partial charge in [0.15, 0.2) is 0 Å². The molecule has 0 heterocycles. The summed E-state index contributed by atoms with van der Waals surface area (Å²) in [5, 5.41) is 3.67. The molecule has 0 saturated heterocycles. The first-order valence-corrected chi connectivity index (χ1v) is 5.94. The molecule has 1 heteroatoms. The van der Waals surface area contributed by atoms with Gasteiger partial charge in [0, 0.05) is 6.54 Å². The van der Waals surface area contributed by atoms with Crippen LogP contribution in [0.1, 0.15) is 46.0 Å². The van der Waals surface area contributed by atoms with Gasteiger partial charge >= 0.3 is 0 Å². The molecule has 0 unspecified atom stereocenters. The molecule has 0 atom stereocenters. The molecule has 0 spiro atoms. The SMILES string of the molecule is CC(C)C1(CNCC2CCC2)CC1. The Morgan fingerprint density at radius 3 is 2.38 bits per heavy atom. The fourth-order valence-corrected chi connectivity index (χ4v) is 2.34. The van der Waals surface area contributed by atoms with Gasteiger partial charge in [-0.05, 0) is 49.5 Å². The zero-order valence-electron chi connectivity index (χ0n) is 9.10. The van der Waals surface area contributed by atoms with Gasteiger partial charge in [0.25, 0.3) is 0 Å². The maximum absolute atomic E-state index is 3.67. The summed E-state index contributed by atoms with van der Waals surface area (Å²) in [6, 6.07) is 0. The van der Waals surface area contributed by atoms with Crippen LogP contribution in [-0.4, -0.2) is 13.1 Å². The Labute approximate surface area is 82.3 Å². The maximum atomic E-state index is 3.67. The molecular weight excluding hydrogens is 158 g/mol. The number of rotatable bonds is 5. The van der Waals surface area contributed by atoms with Crippen LogP contribution in [-0.2, 0) is 0 Å². The lowest BCUT2D eigenvalue weighted by Crippen LogP contribution is -2.33. The Morgan fingerprint density at radius 1 is 1.31 bits per heavy atom. The second kappa shape index (κ2) is 3.61. The van der Waals surface area contributed by atoms with Crippen LogP contribution in [0.4, 0.5) is 0 Å². The van der Waals surface area contributed by atoms with Crippen molar-refractivity contribution < 1.29 is 0 Å². The Bertz CT molecular complexity index is 166. The third-order valence-corrected chi connectivity index (χ3v) is 4.25. The fraction of sp³-hybridized carbons (Fsp3) is 1.00. The van der Waals surface area contributed by atoms with Gasteiger partial charge in [0.05, 0.1) is 0 Å². The molecular formula is C12H23N. The van der Waals surface area contributed by atoms with Gasteiger partial charge < -0.3 is 5.32 Å². The highest BCUT2D eigenvalue weighted by Crippen LogP contribution is 2.51. The first-order chi connectivity index (χ1) is 6.23. The standard InChI is InChI=1S/C12H23N/c1-10(2)12(6-7-12)9-13-8-11-4-3-5-11/h10-11,13H,3-9H2,1-2H3. The van der Waals surface area contributed by atoms with Crippen LogP contribution in [0.25, 0.3) is 0 Å². The molecule has 1 N–H and O–H groups in total. The number of hydrogen-bond acceptors (Lipinski definition) is 1. The van der Waals surface area contributed by atoms with Crippen molar-refractivity contribution in [2.75, 3.05) is 13.1 Å². The summed E-state index contributed by atoms with van der Waals surface area (Å²) in [7, 11) is 0. The normalized spacial score (nSPS) is 26.1. The average Bonchev–Trinajstić information content (AvgIpc) is 2.75. The lowest BCUT2D eigenvalue weighted by Gasteiger charge is -2.27. The predicted molar refractivity (Wildman–Crippen MR) is 56.7 cm³/mol. The van der Waals surface area contributed by atoms with Gasteiger partial charge in [0.2, 0.25) is 0 Å². The van der Waals surface area contributed by atoms with Crippen molar-refractivity contribution in [1.82, 2.24) is 5.32 Å². The molecule has 2 fully saturated rings. The van der Waals surface area contributed by atoms with Crippen molar-refractivity contribution >= 4 is 0 Å². The van der Waals surface area contributed by atoms with Crippen LogP contribution in [0, 0.1) is 17.3 Å². The molecule has 1 nitrogen and oxygen atoms in total. The largest absolute Gasteiger partial charge is 0.316 e. The van der Waals surface area contributed by atoms with E-state index >= 15 is 0 Å². The van der Waals surface area contributed by atoms with Gasteiger partial charge in [-0.3, -0.25) is 0 Å². The second-order valence-corrected chi connectivity index (χ2v) is 5.44. The summed E-state index contributed by atoms with van der Waals surface area (Å²) in [5.74, 6) is 1.89. The molecule has 0 aliphatic heterocycles. The minimum Gasteiger partial charge on any atom is -0.316 e. The lowest BCUT2D eigenvalue weighted by atomic mass is 9.85. The summed E-state index contributed by atoms with van der Waals surface area (Å²) in [5.41, 5.74) is 0.698. The van der Waals surface area contributed by atoms with E-state index in [0.717, 1.165) is 11.8 Å². The molecule has 0 radical (unpaired) electrons. The van der Waals surface area contributed by atoms with Gasteiger partial charge in [-0.15, -0.1) is 0 Å². The van der Waals surface area contributed by atoms with Gasteiger partial charge in [-0.25, -0.2) is 0 Å². The highest BCUT2D eigenvalue weighted by Gasteiger charge is 2.44. The predicted octanol–water partition coefficient (Wildman–Crippen LogP) is 2.81. The van der Waals surface area contributed by atoms with Crippen molar-refractivity contribution in [1.29, 1.82) is 0 Å². The van der Waals surface area contributed by atoms with Crippen LogP contribution in [0.2, 0.25) is 0 Å². The quantitative estimate of drug-likeness (QED) is 0.687. The van der Waals surface area contributed by atoms with Crippen molar-refractivity contribution in [2.45, 2.75) is 46.0 Å². The highest BCUT2D eigenvalue weighted by atomic mass is 14.9. The molecule has 0 amide bonds. The first kappa shape index (κ1) is 9.51. The van der Waals surface area contributed by atoms with Crippen LogP contribution in [0.15, 0.2) is 0 Å². The summed E-state index contributed by atoms with van der Waals surface area (Å²) in [6.07, 6.45) is 7.34. The minimum atomic E-state index is 0.698. The molecule has 2 aliphatic carbocycles. The smallest absolute Gasteiger partial charge is 0.00104 e. The highest BCUT2D eigenvalue weighted by molar-refractivity contribution is 4.97. The molecule has 2 aliphatic rings. The van der Waals surface area contributed by atoms with E-state index < -0.39 is 0 Å². The first-order valence-electron chi connectivity index (χ1n) is 5.94. The Kier molecular flexibility index (Phi) is 2.64. The zero-order chi connectivity index (χ0) is 9.31. The topological polar surface area (TPSA) is 12.0 Å². The third kappa shape index (κ3) is 2.07. The van der Waals surface area contributed by atoms with Crippen molar-refractivity contribution in [2.24, 2.45) is 17.3 Å². The Balaban J connectivity index is 1.61. The van der Waals surface area contributed by atoms with E-state index in [2.05, 4.69) is 19.2 Å². The van der Waals surface area contributed by atoms with Crippen molar-refractivity contribution in [3.63, 3.8) is 0 Å². The summed E-state index contributed by atoms with van der Waals surface area (Å²) >= 11 is 0. The average molecular weight is 181 g/mol.